The number of hydrogen-bond acceptors (Lipinski definition) is 10. The van der Waals surface area contributed by atoms with Crippen molar-refractivity contribution in [2.75, 3.05) is 93.5 Å². The molecule has 394 valence electrons. The summed E-state index contributed by atoms with van der Waals surface area (Å²) in [4.78, 5) is 20.5. The van der Waals surface area contributed by atoms with Gasteiger partial charge in [0.2, 0.25) is 0 Å². The van der Waals surface area contributed by atoms with Crippen LogP contribution in [0.15, 0.2) is 36.4 Å². The molecule has 8 heterocycles. The first-order valence-electron chi connectivity index (χ1n) is 26.2. The first-order valence-corrected chi connectivity index (χ1v) is 26.2. The molecular formula is C56H88F4N6O4. The van der Waals surface area contributed by atoms with E-state index in [0.717, 1.165) is 108 Å². The maximum absolute atomic E-state index is 13.4. The average molecular weight is 985 g/mol. The third kappa shape index (κ3) is 17.5. The number of nitrogens with zero attached hydrogens (tertiary/aromatic N) is 6. The molecule has 0 aliphatic carbocycles. The number of likely N-dealkylation sites (tertiary alicyclic amines) is 2. The Hall–Kier alpha value is -3.11. The molecule has 3 aromatic rings. The zero-order valence-corrected chi connectivity index (χ0v) is 44.7. The normalized spacial score (nSPS) is 23.1. The molecule has 5 atom stereocenters. The van der Waals surface area contributed by atoms with Crippen LogP contribution in [0.25, 0.3) is 0 Å². The molecule has 8 rings (SSSR count). The van der Waals surface area contributed by atoms with Gasteiger partial charge in [0.15, 0.2) is 0 Å². The van der Waals surface area contributed by atoms with Crippen LogP contribution in [0.5, 0.6) is 0 Å². The van der Waals surface area contributed by atoms with E-state index in [1.165, 1.54) is 28.1 Å². The van der Waals surface area contributed by atoms with Gasteiger partial charge < -0.3 is 18.9 Å². The smallest absolute Gasteiger partial charge is 0.261 e. The number of halogens is 4. The molecule has 10 nitrogen and oxygen atoms in total. The Labute approximate surface area is 419 Å². The van der Waals surface area contributed by atoms with Crippen molar-refractivity contribution in [3.05, 3.63) is 87.3 Å². The summed E-state index contributed by atoms with van der Waals surface area (Å²) in [6, 6.07) is 13.0. The van der Waals surface area contributed by atoms with E-state index in [4.69, 9.17) is 33.9 Å². The van der Waals surface area contributed by atoms with Gasteiger partial charge in [-0.15, -0.1) is 0 Å². The van der Waals surface area contributed by atoms with E-state index >= 15 is 0 Å². The highest BCUT2D eigenvalue weighted by atomic mass is 19.3. The van der Waals surface area contributed by atoms with Crippen LogP contribution in [0.1, 0.15) is 181 Å². The zero-order valence-electron chi connectivity index (χ0n) is 44.7. The molecule has 0 N–H and O–H groups in total. The van der Waals surface area contributed by atoms with Gasteiger partial charge in [-0.25, -0.2) is 13.2 Å². The first kappa shape index (κ1) is 57.8. The van der Waals surface area contributed by atoms with Crippen LogP contribution in [0.3, 0.4) is 0 Å². The highest BCUT2D eigenvalue weighted by Crippen LogP contribution is 2.34. The second-order valence-corrected chi connectivity index (χ2v) is 22.0. The van der Waals surface area contributed by atoms with Crippen LogP contribution in [0.2, 0.25) is 0 Å². The Morgan fingerprint density at radius 1 is 0.714 bits per heavy atom. The van der Waals surface area contributed by atoms with Gasteiger partial charge in [0.25, 0.3) is 5.92 Å². The summed E-state index contributed by atoms with van der Waals surface area (Å²) in [5.74, 6) is -0.196. The number of hydrogen-bond donors (Lipinski definition) is 0. The highest BCUT2D eigenvalue weighted by molar-refractivity contribution is 5.31. The molecule has 5 fully saturated rings. The molecule has 5 saturated heterocycles. The fraction of sp³-hybridized carbons (Fsp3) is 0.732. The highest BCUT2D eigenvalue weighted by Gasteiger charge is 2.39. The van der Waals surface area contributed by atoms with E-state index in [-0.39, 0.29) is 31.0 Å². The van der Waals surface area contributed by atoms with E-state index in [1.807, 2.05) is 25.9 Å². The maximum Gasteiger partial charge on any atom is 0.261 e. The maximum atomic E-state index is 13.4. The molecule has 5 aliphatic heterocycles. The summed E-state index contributed by atoms with van der Waals surface area (Å²) >= 11 is 0. The lowest BCUT2D eigenvalue weighted by atomic mass is 9.89. The molecule has 14 heteroatoms. The molecule has 0 radical (unpaired) electrons. The van der Waals surface area contributed by atoms with Gasteiger partial charge in [-0.05, 0) is 85.4 Å². The average Bonchev–Trinajstić information content (AvgIpc) is 4.21. The topological polar surface area (TPSA) is 85.3 Å². The molecule has 1 unspecified atom stereocenters. The van der Waals surface area contributed by atoms with Crippen LogP contribution in [0, 0.1) is 5.92 Å². The van der Waals surface area contributed by atoms with E-state index in [2.05, 4.69) is 89.8 Å². The number of aromatic nitrogens is 3. The molecular weight excluding hydrogens is 897 g/mol. The molecule has 5 aliphatic rings. The van der Waals surface area contributed by atoms with E-state index in [0.29, 0.717) is 61.9 Å². The van der Waals surface area contributed by atoms with Gasteiger partial charge in [-0.3, -0.25) is 34.0 Å². The molecule has 70 heavy (non-hydrogen) atoms. The number of pyridine rings is 3. The predicted octanol–water partition coefficient (Wildman–Crippen LogP) is 11.7. The minimum Gasteiger partial charge on any atom is -0.381 e. The third-order valence-electron chi connectivity index (χ3n) is 14.3. The minimum absolute atomic E-state index is 0.00768. The number of ether oxygens (including phenoxy) is 4. The van der Waals surface area contributed by atoms with Crippen LogP contribution >= 0.6 is 0 Å². The Kier molecular flexibility index (Phi) is 23.0. The van der Waals surface area contributed by atoms with Crippen LogP contribution < -0.4 is 0 Å². The van der Waals surface area contributed by atoms with E-state index < -0.39 is 12.7 Å². The summed E-state index contributed by atoms with van der Waals surface area (Å²) in [6.45, 7) is 27.5. The van der Waals surface area contributed by atoms with Crippen molar-refractivity contribution in [1.29, 1.82) is 0 Å². The first-order chi connectivity index (χ1) is 33.3. The fourth-order valence-electron chi connectivity index (χ4n) is 9.37. The molecule has 3 aromatic heterocycles. The zero-order chi connectivity index (χ0) is 51.0. The Balaban J connectivity index is 0.000000185. The lowest BCUT2D eigenvalue weighted by molar-refractivity contribution is 0.0113. The fourth-order valence-corrected chi connectivity index (χ4v) is 9.37. The van der Waals surface area contributed by atoms with Crippen molar-refractivity contribution in [3.8, 4) is 0 Å². The second-order valence-electron chi connectivity index (χ2n) is 22.0. The predicted molar refractivity (Wildman–Crippen MR) is 273 cm³/mol. The van der Waals surface area contributed by atoms with Crippen molar-refractivity contribution in [2.45, 2.75) is 168 Å². The van der Waals surface area contributed by atoms with Gasteiger partial charge in [0.05, 0.1) is 56.2 Å². The van der Waals surface area contributed by atoms with Gasteiger partial charge in [0, 0.05) is 113 Å². The van der Waals surface area contributed by atoms with Crippen molar-refractivity contribution < 1.29 is 36.5 Å². The quantitative estimate of drug-likeness (QED) is 0.108. The standard InChI is InChI=1S/C18H28N2O2.C17H24F2N2O.C16H25FN2O.C5H11F/c1-13(2)17-5-4-16(14-7-9-22-12-14)18(19-17)11-20-8-6-15(10-20)21-3;1-12(2)15-4-3-14(13-5-8-22-10-13)16(20-15)9-21-7-6-17(18,19)11-21;1-16(2,3)15-6-5-13(12-7-8-20-10-12)14(18-15)9-19(4)11-17;1-3-5(2)4-6/h4-5,13-15H,6-12H2,1-3H3;3-4,12-13H,5-11H2,1-2H3;5-6,12H,7-11H2,1-4H3;5H,3-4H2,1-2H3/t14-,15-;13-;12-;/m100./s1. The number of alkyl halides is 4. The van der Waals surface area contributed by atoms with Crippen LogP contribution in [0.4, 0.5) is 17.6 Å². The summed E-state index contributed by atoms with van der Waals surface area (Å²) < 4.78 is 73.1. The molecule has 0 aromatic carbocycles. The molecule has 0 spiro atoms. The SMILES string of the molecule is CC(C)c1ccc([C@H]2CCOC2)c(CN2CCC(F)(F)C2)n1.CCC(C)CF.CN(CF)Cc1nc(C(C)(C)C)ccc1[C@H]1CCOC1.CO[C@@H]1CCN(Cc2nc(C(C)C)ccc2[C@@H]2CCOC2)C1. The summed E-state index contributed by atoms with van der Waals surface area (Å²) in [5.41, 5.74) is 10.3. The molecule has 0 saturated carbocycles. The minimum atomic E-state index is -2.55. The monoisotopic (exact) mass is 985 g/mol. The Morgan fingerprint density at radius 3 is 1.59 bits per heavy atom. The van der Waals surface area contributed by atoms with Crippen LogP contribution in [-0.2, 0) is 44.0 Å². The van der Waals surface area contributed by atoms with Crippen molar-refractivity contribution >= 4 is 0 Å². The number of rotatable bonds is 15. The van der Waals surface area contributed by atoms with E-state index in [1.54, 1.807) is 11.9 Å². The third-order valence-corrected chi connectivity index (χ3v) is 14.3. The van der Waals surface area contributed by atoms with Crippen molar-refractivity contribution in [3.63, 3.8) is 0 Å². The lowest BCUT2D eigenvalue weighted by Crippen LogP contribution is -2.26. The lowest BCUT2D eigenvalue weighted by Gasteiger charge is -2.23. The van der Waals surface area contributed by atoms with Crippen molar-refractivity contribution in [1.82, 2.24) is 29.7 Å². The van der Waals surface area contributed by atoms with E-state index in [9.17, 15) is 17.6 Å². The Bertz CT molecular complexity index is 2000. The second kappa shape index (κ2) is 27.8. The van der Waals surface area contributed by atoms with Gasteiger partial charge in [0.1, 0.15) is 6.80 Å². The largest absolute Gasteiger partial charge is 0.381 e. The molecule has 0 bridgehead atoms. The van der Waals surface area contributed by atoms with Gasteiger partial charge in [-0.2, -0.15) is 0 Å². The van der Waals surface area contributed by atoms with Crippen LogP contribution in [-0.4, -0.2) is 135 Å². The molecule has 0 amide bonds. The summed E-state index contributed by atoms with van der Waals surface area (Å²) in [7, 11) is 3.59. The number of methoxy groups -OCH3 is 1. The Morgan fingerprint density at radius 2 is 1.21 bits per heavy atom. The van der Waals surface area contributed by atoms with Gasteiger partial charge in [-0.1, -0.05) is 86.9 Å². The van der Waals surface area contributed by atoms with Gasteiger partial charge >= 0.3 is 0 Å². The van der Waals surface area contributed by atoms with Crippen molar-refractivity contribution in [2.24, 2.45) is 5.92 Å². The summed E-state index contributed by atoms with van der Waals surface area (Å²) in [5, 5.41) is 0. The summed E-state index contributed by atoms with van der Waals surface area (Å²) in [6.07, 6.45) is 5.56.